The number of thiazole rings is 1. The Kier molecular flexibility index (Phi) is 3.82. The average Bonchev–Trinajstić information content (AvgIpc) is 2.86. The lowest BCUT2D eigenvalue weighted by molar-refractivity contribution is -0.120. The molecule has 0 bridgehead atoms. The summed E-state index contributed by atoms with van der Waals surface area (Å²) in [4.78, 5) is 19.6. The fourth-order valence-corrected chi connectivity index (χ4v) is 2.08. The van der Waals surface area contributed by atoms with E-state index < -0.39 is 0 Å². The number of nitrogens with zero attached hydrogens (tertiary/aromatic N) is 2. The summed E-state index contributed by atoms with van der Waals surface area (Å²) in [6.45, 7) is 2.33. The summed E-state index contributed by atoms with van der Waals surface area (Å²) in [6.07, 6.45) is 4.02. The highest BCUT2D eigenvalue weighted by molar-refractivity contribution is 7.09. The topological polar surface area (TPSA) is 54.9 Å². The van der Waals surface area contributed by atoms with Crippen LogP contribution in [0.5, 0.6) is 0 Å². The molecule has 88 valence electrons. The number of hydrogen-bond donors (Lipinski definition) is 1. The van der Waals surface area contributed by atoms with E-state index in [0.717, 1.165) is 16.3 Å². The van der Waals surface area contributed by atoms with E-state index in [0.29, 0.717) is 13.0 Å². The number of amides is 1. The molecule has 0 aliphatic rings. The highest BCUT2D eigenvalue weighted by Gasteiger charge is 2.05. The minimum atomic E-state index is 0.0446. The molecule has 4 nitrogen and oxygen atoms in total. The zero-order valence-electron chi connectivity index (χ0n) is 9.51. The van der Waals surface area contributed by atoms with Gasteiger partial charge in [-0.3, -0.25) is 9.78 Å². The van der Waals surface area contributed by atoms with Gasteiger partial charge in [-0.05, 0) is 12.1 Å². The predicted molar refractivity (Wildman–Crippen MR) is 67.5 cm³/mol. The molecular weight excluding hydrogens is 234 g/mol. The van der Waals surface area contributed by atoms with Crippen LogP contribution >= 0.6 is 11.3 Å². The molecule has 0 fully saturated rings. The first-order chi connectivity index (χ1) is 8.29. The van der Waals surface area contributed by atoms with Crippen LogP contribution < -0.4 is 5.32 Å². The van der Waals surface area contributed by atoms with E-state index in [1.807, 2.05) is 24.4 Å². The Morgan fingerprint density at radius 1 is 1.53 bits per heavy atom. The van der Waals surface area contributed by atoms with Gasteiger partial charge < -0.3 is 5.32 Å². The van der Waals surface area contributed by atoms with Crippen LogP contribution in [0, 0.1) is 0 Å². The smallest absolute Gasteiger partial charge is 0.220 e. The van der Waals surface area contributed by atoms with E-state index in [1.165, 1.54) is 0 Å². The summed E-state index contributed by atoms with van der Waals surface area (Å²) >= 11 is 1.54. The fourth-order valence-electron chi connectivity index (χ4n) is 1.34. The van der Waals surface area contributed by atoms with Crippen LogP contribution in [-0.2, 0) is 11.3 Å². The van der Waals surface area contributed by atoms with Crippen molar-refractivity contribution in [1.82, 2.24) is 15.3 Å². The molecule has 0 radical (unpaired) electrons. The summed E-state index contributed by atoms with van der Waals surface area (Å²) in [5.41, 5.74) is 1.90. The summed E-state index contributed by atoms with van der Waals surface area (Å²) in [5.74, 6) is 0.0446. The average molecular weight is 247 g/mol. The summed E-state index contributed by atoms with van der Waals surface area (Å²) in [7, 11) is 0. The molecule has 1 N–H and O–H groups in total. The number of hydrogen-bond acceptors (Lipinski definition) is 4. The van der Waals surface area contributed by atoms with Crippen LogP contribution in [0.4, 0.5) is 0 Å². The highest BCUT2D eigenvalue weighted by Crippen LogP contribution is 2.20. The monoisotopic (exact) mass is 247 g/mol. The van der Waals surface area contributed by atoms with E-state index >= 15 is 0 Å². The first-order valence-electron chi connectivity index (χ1n) is 5.41. The summed E-state index contributed by atoms with van der Waals surface area (Å²) < 4.78 is 0. The minimum Gasteiger partial charge on any atom is -0.350 e. The molecule has 2 rings (SSSR count). The fraction of sp³-hybridized carbons (Fsp3) is 0.250. The van der Waals surface area contributed by atoms with Crippen LogP contribution in [0.2, 0.25) is 0 Å². The van der Waals surface area contributed by atoms with Gasteiger partial charge >= 0.3 is 0 Å². The predicted octanol–water partition coefficient (Wildman–Crippen LogP) is 2.23. The zero-order chi connectivity index (χ0) is 12.1. The lowest BCUT2D eigenvalue weighted by atomic mass is 10.2. The largest absolute Gasteiger partial charge is 0.350 e. The molecular formula is C12H13N3OS. The standard InChI is InChI=1S/C12H13N3OS/c1-2-11(16)14-7-12-15-10(8-17-12)9-4-3-5-13-6-9/h3-6,8H,2,7H2,1H3,(H,14,16). The molecule has 0 unspecified atom stereocenters. The van der Waals surface area contributed by atoms with Gasteiger partial charge in [-0.25, -0.2) is 4.98 Å². The van der Waals surface area contributed by atoms with E-state index in [-0.39, 0.29) is 5.91 Å². The molecule has 5 heteroatoms. The first kappa shape index (κ1) is 11.7. The number of carbonyl (C=O) groups excluding carboxylic acids is 1. The maximum Gasteiger partial charge on any atom is 0.220 e. The molecule has 17 heavy (non-hydrogen) atoms. The molecule has 0 atom stereocenters. The van der Waals surface area contributed by atoms with Crippen molar-refractivity contribution in [2.45, 2.75) is 19.9 Å². The Labute approximate surface area is 104 Å². The van der Waals surface area contributed by atoms with E-state index in [9.17, 15) is 4.79 Å². The third kappa shape index (κ3) is 3.10. The van der Waals surface area contributed by atoms with Gasteiger partial charge in [0, 0.05) is 29.8 Å². The Morgan fingerprint density at radius 3 is 3.12 bits per heavy atom. The molecule has 0 aliphatic carbocycles. The number of pyridine rings is 1. The maximum absolute atomic E-state index is 11.1. The quantitative estimate of drug-likeness (QED) is 0.901. The van der Waals surface area contributed by atoms with Gasteiger partial charge in [0.25, 0.3) is 0 Å². The van der Waals surface area contributed by atoms with Crippen molar-refractivity contribution in [3.63, 3.8) is 0 Å². The number of nitrogens with one attached hydrogen (secondary N) is 1. The van der Waals surface area contributed by atoms with Gasteiger partial charge in [0.2, 0.25) is 5.91 Å². The Bertz CT molecular complexity index is 495. The second-order valence-electron chi connectivity index (χ2n) is 3.50. The van der Waals surface area contributed by atoms with Crippen molar-refractivity contribution in [2.24, 2.45) is 0 Å². The Morgan fingerprint density at radius 2 is 2.41 bits per heavy atom. The molecule has 0 saturated heterocycles. The minimum absolute atomic E-state index is 0.0446. The van der Waals surface area contributed by atoms with Crippen molar-refractivity contribution in [2.75, 3.05) is 0 Å². The third-order valence-corrected chi connectivity index (χ3v) is 3.12. The number of rotatable bonds is 4. The molecule has 2 heterocycles. The van der Waals surface area contributed by atoms with Gasteiger partial charge in [0.1, 0.15) is 5.01 Å². The normalized spacial score (nSPS) is 10.2. The van der Waals surface area contributed by atoms with Crippen molar-refractivity contribution in [1.29, 1.82) is 0 Å². The summed E-state index contributed by atoms with van der Waals surface area (Å²) in [6, 6.07) is 3.85. The van der Waals surface area contributed by atoms with Crippen molar-refractivity contribution in [3.05, 3.63) is 34.9 Å². The van der Waals surface area contributed by atoms with E-state index in [4.69, 9.17) is 0 Å². The third-order valence-electron chi connectivity index (χ3n) is 2.27. The van der Waals surface area contributed by atoms with Crippen LogP contribution in [-0.4, -0.2) is 15.9 Å². The van der Waals surface area contributed by atoms with Gasteiger partial charge in [-0.15, -0.1) is 11.3 Å². The lowest BCUT2D eigenvalue weighted by Gasteiger charge is -1.99. The van der Waals surface area contributed by atoms with E-state index in [2.05, 4.69) is 15.3 Å². The second-order valence-corrected chi connectivity index (χ2v) is 4.44. The van der Waals surface area contributed by atoms with Crippen LogP contribution in [0.3, 0.4) is 0 Å². The van der Waals surface area contributed by atoms with Crippen LogP contribution in [0.1, 0.15) is 18.4 Å². The van der Waals surface area contributed by atoms with Crippen LogP contribution in [0.25, 0.3) is 11.3 Å². The van der Waals surface area contributed by atoms with Crippen molar-refractivity contribution in [3.8, 4) is 11.3 Å². The Balaban J connectivity index is 2.04. The number of aromatic nitrogens is 2. The molecule has 2 aromatic heterocycles. The molecule has 2 aromatic rings. The highest BCUT2D eigenvalue weighted by atomic mass is 32.1. The van der Waals surface area contributed by atoms with Gasteiger partial charge in [0.15, 0.2) is 0 Å². The molecule has 0 spiro atoms. The first-order valence-corrected chi connectivity index (χ1v) is 6.29. The SMILES string of the molecule is CCC(=O)NCc1nc(-c2cccnc2)cs1. The second kappa shape index (κ2) is 5.54. The molecule has 0 aliphatic heterocycles. The van der Waals surface area contributed by atoms with Gasteiger partial charge in [0.05, 0.1) is 12.2 Å². The van der Waals surface area contributed by atoms with E-state index in [1.54, 1.807) is 23.7 Å². The molecule has 0 aromatic carbocycles. The summed E-state index contributed by atoms with van der Waals surface area (Å²) in [5, 5.41) is 5.69. The molecule has 1 amide bonds. The van der Waals surface area contributed by atoms with Gasteiger partial charge in [-0.1, -0.05) is 6.92 Å². The van der Waals surface area contributed by atoms with Crippen molar-refractivity contribution < 1.29 is 4.79 Å². The zero-order valence-corrected chi connectivity index (χ0v) is 10.3. The lowest BCUT2D eigenvalue weighted by Crippen LogP contribution is -2.21. The van der Waals surface area contributed by atoms with Gasteiger partial charge in [-0.2, -0.15) is 0 Å². The molecule has 0 saturated carbocycles. The van der Waals surface area contributed by atoms with Crippen LogP contribution in [0.15, 0.2) is 29.9 Å². The van der Waals surface area contributed by atoms with Crippen molar-refractivity contribution >= 4 is 17.2 Å². The maximum atomic E-state index is 11.1. The Hall–Kier alpha value is -1.75. The number of carbonyl (C=O) groups is 1.